The number of furan rings is 1. The number of nitrogens with one attached hydrogen (secondary N) is 1. The first-order chi connectivity index (χ1) is 9.19. The molecule has 2 heteroatoms. The van der Waals surface area contributed by atoms with Crippen molar-refractivity contribution in [1.29, 1.82) is 0 Å². The van der Waals surface area contributed by atoms with Gasteiger partial charge in [-0.1, -0.05) is 31.2 Å². The standard InChI is InChI=1S/C17H23NO/c1-4-15-7-9-16(10-8-15)14(3)18-13(2)12-17-6-5-11-19-17/h5-11,13-14,18H,4,12H2,1-3H3. The molecule has 2 atom stereocenters. The zero-order chi connectivity index (χ0) is 13.7. The molecule has 102 valence electrons. The van der Waals surface area contributed by atoms with Crippen LogP contribution in [0.15, 0.2) is 47.1 Å². The van der Waals surface area contributed by atoms with E-state index in [9.17, 15) is 0 Å². The van der Waals surface area contributed by atoms with Crippen LogP contribution in [0.2, 0.25) is 0 Å². The minimum Gasteiger partial charge on any atom is -0.469 e. The average Bonchev–Trinajstić information content (AvgIpc) is 2.91. The zero-order valence-electron chi connectivity index (χ0n) is 12.0. The molecule has 0 aliphatic carbocycles. The Hall–Kier alpha value is -1.54. The third-order valence-electron chi connectivity index (χ3n) is 3.51. The molecule has 0 amide bonds. The Bertz CT molecular complexity index is 472. The van der Waals surface area contributed by atoms with E-state index in [1.807, 2.05) is 12.1 Å². The van der Waals surface area contributed by atoms with Crippen LogP contribution in [-0.4, -0.2) is 6.04 Å². The van der Waals surface area contributed by atoms with Gasteiger partial charge in [0.25, 0.3) is 0 Å². The van der Waals surface area contributed by atoms with Crippen molar-refractivity contribution in [3.63, 3.8) is 0 Å². The molecule has 2 rings (SSSR count). The summed E-state index contributed by atoms with van der Waals surface area (Å²) in [4.78, 5) is 0. The van der Waals surface area contributed by atoms with Crippen molar-refractivity contribution < 1.29 is 4.42 Å². The van der Waals surface area contributed by atoms with Crippen molar-refractivity contribution in [2.45, 2.75) is 45.7 Å². The summed E-state index contributed by atoms with van der Waals surface area (Å²) in [5.41, 5.74) is 2.73. The van der Waals surface area contributed by atoms with Gasteiger partial charge in [0.2, 0.25) is 0 Å². The maximum absolute atomic E-state index is 5.38. The molecule has 2 nitrogen and oxygen atoms in total. The smallest absolute Gasteiger partial charge is 0.105 e. The summed E-state index contributed by atoms with van der Waals surface area (Å²) in [6.45, 7) is 6.58. The summed E-state index contributed by atoms with van der Waals surface area (Å²) in [5.74, 6) is 1.04. The lowest BCUT2D eigenvalue weighted by atomic mass is 10.0. The molecule has 19 heavy (non-hydrogen) atoms. The molecule has 1 N–H and O–H groups in total. The van der Waals surface area contributed by atoms with Crippen molar-refractivity contribution in [2.24, 2.45) is 0 Å². The number of hydrogen-bond acceptors (Lipinski definition) is 2. The summed E-state index contributed by atoms with van der Waals surface area (Å²) >= 11 is 0. The summed E-state index contributed by atoms with van der Waals surface area (Å²) in [6.07, 6.45) is 3.75. The second-order valence-corrected chi connectivity index (χ2v) is 5.17. The van der Waals surface area contributed by atoms with Crippen LogP contribution < -0.4 is 5.32 Å². The first-order valence-electron chi connectivity index (χ1n) is 7.06. The van der Waals surface area contributed by atoms with E-state index in [1.165, 1.54) is 11.1 Å². The Labute approximate surface area is 115 Å². The van der Waals surface area contributed by atoms with E-state index in [-0.39, 0.29) is 0 Å². The third-order valence-corrected chi connectivity index (χ3v) is 3.51. The van der Waals surface area contributed by atoms with E-state index in [2.05, 4.69) is 50.4 Å². The largest absolute Gasteiger partial charge is 0.469 e. The maximum Gasteiger partial charge on any atom is 0.105 e. The number of benzene rings is 1. The van der Waals surface area contributed by atoms with Crippen molar-refractivity contribution in [3.05, 3.63) is 59.5 Å². The molecule has 0 aliphatic rings. The summed E-state index contributed by atoms with van der Waals surface area (Å²) < 4.78 is 5.38. The Morgan fingerprint density at radius 2 is 1.84 bits per heavy atom. The van der Waals surface area contributed by atoms with Gasteiger partial charge >= 0.3 is 0 Å². The van der Waals surface area contributed by atoms with Crippen LogP contribution in [0.4, 0.5) is 0 Å². The van der Waals surface area contributed by atoms with Gasteiger partial charge in [0.1, 0.15) is 5.76 Å². The van der Waals surface area contributed by atoms with Gasteiger partial charge in [0, 0.05) is 18.5 Å². The van der Waals surface area contributed by atoms with Crippen LogP contribution in [-0.2, 0) is 12.8 Å². The van der Waals surface area contributed by atoms with Gasteiger partial charge in [-0.3, -0.25) is 0 Å². The average molecular weight is 257 g/mol. The van der Waals surface area contributed by atoms with Gasteiger partial charge in [-0.2, -0.15) is 0 Å². The van der Waals surface area contributed by atoms with E-state index in [0.717, 1.165) is 18.6 Å². The van der Waals surface area contributed by atoms with Gasteiger partial charge in [-0.05, 0) is 43.5 Å². The fourth-order valence-corrected chi connectivity index (χ4v) is 2.35. The van der Waals surface area contributed by atoms with E-state index >= 15 is 0 Å². The lowest BCUT2D eigenvalue weighted by molar-refractivity contribution is 0.429. The van der Waals surface area contributed by atoms with Crippen molar-refractivity contribution >= 4 is 0 Å². The van der Waals surface area contributed by atoms with Crippen LogP contribution in [0, 0.1) is 0 Å². The Balaban J connectivity index is 1.90. The van der Waals surface area contributed by atoms with Crippen LogP contribution in [0.5, 0.6) is 0 Å². The molecule has 0 radical (unpaired) electrons. The first kappa shape index (κ1) is 13.9. The maximum atomic E-state index is 5.38. The van der Waals surface area contributed by atoms with Crippen molar-refractivity contribution in [1.82, 2.24) is 5.32 Å². The Morgan fingerprint density at radius 1 is 1.11 bits per heavy atom. The van der Waals surface area contributed by atoms with Gasteiger partial charge < -0.3 is 9.73 Å². The monoisotopic (exact) mass is 257 g/mol. The Kier molecular flexibility index (Phi) is 4.80. The molecule has 1 aromatic carbocycles. The molecule has 0 fully saturated rings. The predicted molar refractivity (Wildman–Crippen MR) is 79.2 cm³/mol. The lowest BCUT2D eigenvalue weighted by Gasteiger charge is -2.20. The van der Waals surface area contributed by atoms with Gasteiger partial charge in [0.15, 0.2) is 0 Å². The summed E-state index contributed by atoms with van der Waals surface area (Å²) in [5, 5.41) is 3.61. The van der Waals surface area contributed by atoms with E-state index in [0.29, 0.717) is 12.1 Å². The summed E-state index contributed by atoms with van der Waals surface area (Å²) in [7, 11) is 0. The Morgan fingerprint density at radius 3 is 2.42 bits per heavy atom. The van der Waals surface area contributed by atoms with Gasteiger partial charge in [-0.15, -0.1) is 0 Å². The van der Waals surface area contributed by atoms with Crippen molar-refractivity contribution in [2.75, 3.05) is 0 Å². The highest BCUT2D eigenvalue weighted by Gasteiger charge is 2.11. The summed E-state index contributed by atoms with van der Waals surface area (Å²) in [6, 6.07) is 13.6. The molecule has 0 aliphatic heterocycles. The fraction of sp³-hybridized carbons (Fsp3) is 0.412. The molecule has 0 spiro atoms. The molecular formula is C17H23NO. The number of rotatable bonds is 6. The van der Waals surface area contributed by atoms with Crippen LogP contribution in [0.1, 0.15) is 43.7 Å². The minimum atomic E-state index is 0.357. The first-order valence-corrected chi connectivity index (χ1v) is 7.06. The topological polar surface area (TPSA) is 25.2 Å². The molecule has 2 aromatic rings. The molecular weight excluding hydrogens is 234 g/mol. The van der Waals surface area contributed by atoms with Crippen molar-refractivity contribution in [3.8, 4) is 0 Å². The minimum absolute atomic E-state index is 0.357. The predicted octanol–water partition coefficient (Wildman–Crippen LogP) is 4.12. The van der Waals surface area contributed by atoms with Crippen LogP contribution >= 0.6 is 0 Å². The quantitative estimate of drug-likeness (QED) is 0.842. The lowest BCUT2D eigenvalue weighted by Crippen LogP contribution is -2.30. The molecule has 0 bridgehead atoms. The highest BCUT2D eigenvalue weighted by molar-refractivity contribution is 5.24. The normalized spacial score (nSPS) is 14.3. The number of hydrogen-bond donors (Lipinski definition) is 1. The second kappa shape index (κ2) is 6.58. The molecule has 0 saturated carbocycles. The zero-order valence-corrected chi connectivity index (χ0v) is 12.0. The highest BCUT2D eigenvalue weighted by atomic mass is 16.3. The van der Waals surface area contributed by atoms with E-state index in [4.69, 9.17) is 4.42 Å². The molecule has 1 aromatic heterocycles. The SMILES string of the molecule is CCc1ccc(C(C)NC(C)Cc2ccco2)cc1. The van der Waals surface area contributed by atoms with Crippen LogP contribution in [0.3, 0.4) is 0 Å². The van der Waals surface area contributed by atoms with E-state index in [1.54, 1.807) is 6.26 Å². The van der Waals surface area contributed by atoms with Gasteiger partial charge in [0.05, 0.1) is 6.26 Å². The van der Waals surface area contributed by atoms with Crippen LogP contribution in [0.25, 0.3) is 0 Å². The fourth-order valence-electron chi connectivity index (χ4n) is 2.35. The molecule has 2 unspecified atom stereocenters. The third kappa shape index (κ3) is 3.97. The van der Waals surface area contributed by atoms with E-state index < -0.39 is 0 Å². The molecule has 0 saturated heterocycles. The number of aryl methyl sites for hydroxylation is 1. The second-order valence-electron chi connectivity index (χ2n) is 5.17. The van der Waals surface area contributed by atoms with Gasteiger partial charge in [-0.25, -0.2) is 0 Å². The molecule has 1 heterocycles. The highest BCUT2D eigenvalue weighted by Crippen LogP contribution is 2.15.